The first-order chi connectivity index (χ1) is 16.1. The summed E-state index contributed by atoms with van der Waals surface area (Å²) in [6, 6.07) is 9.90. The second-order valence-corrected chi connectivity index (χ2v) is 9.89. The number of furan rings is 1. The van der Waals surface area contributed by atoms with Crippen molar-refractivity contribution in [2.45, 2.75) is 77.2 Å². The highest BCUT2D eigenvalue weighted by atomic mass is 16.3. The molecule has 6 nitrogen and oxygen atoms in total. The molecule has 6 heteroatoms. The van der Waals surface area contributed by atoms with Crippen LogP contribution >= 0.6 is 0 Å². The minimum absolute atomic E-state index is 0.108. The third-order valence-corrected chi connectivity index (χ3v) is 7.66. The number of nitriles is 1. The van der Waals surface area contributed by atoms with E-state index in [2.05, 4.69) is 16.0 Å². The van der Waals surface area contributed by atoms with E-state index in [0.717, 1.165) is 44.5 Å². The molecule has 4 rings (SSSR count). The highest BCUT2D eigenvalue weighted by Crippen LogP contribution is 2.43. The van der Waals surface area contributed by atoms with Crippen molar-refractivity contribution in [1.29, 1.82) is 5.26 Å². The topological polar surface area (TPSA) is 73.4 Å². The van der Waals surface area contributed by atoms with Crippen molar-refractivity contribution >= 4 is 11.7 Å². The second-order valence-electron chi connectivity index (χ2n) is 9.89. The van der Waals surface area contributed by atoms with Crippen molar-refractivity contribution in [3.8, 4) is 6.07 Å². The van der Waals surface area contributed by atoms with Gasteiger partial charge in [-0.25, -0.2) is 4.98 Å². The predicted octanol–water partition coefficient (Wildman–Crippen LogP) is 5.74. The fourth-order valence-corrected chi connectivity index (χ4v) is 5.62. The van der Waals surface area contributed by atoms with Gasteiger partial charge in [0.05, 0.1) is 12.3 Å². The molecule has 1 saturated heterocycles. The summed E-state index contributed by atoms with van der Waals surface area (Å²) in [7, 11) is 0. The number of nitrogens with zero attached hydrogens (tertiary/aromatic N) is 4. The van der Waals surface area contributed by atoms with Crippen LogP contribution in [0.2, 0.25) is 0 Å². The highest BCUT2D eigenvalue weighted by molar-refractivity contribution is 6.04. The maximum Gasteiger partial charge on any atom is 0.295 e. The number of hydrogen-bond donors (Lipinski definition) is 0. The summed E-state index contributed by atoms with van der Waals surface area (Å²) in [5, 5.41) is 9.13. The van der Waals surface area contributed by atoms with Crippen molar-refractivity contribution in [2.24, 2.45) is 5.41 Å². The van der Waals surface area contributed by atoms with Gasteiger partial charge in [-0.3, -0.25) is 9.69 Å². The normalized spacial score (nSPS) is 19.2. The van der Waals surface area contributed by atoms with Crippen LogP contribution in [-0.2, 0) is 0 Å². The Morgan fingerprint density at radius 3 is 2.64 bits per heavy atom. The Hall–Kier alpha value is -2.65. The van der Waals surface area contributed by atoms with Crippen LogP contribution in [0.4, 0.5) is 5.82 Å². The third-order valence-electron chi connectivity index (χ3n) is 7.66. The van der Waals surface area contributed by atoms with E-state index in [0.29, 0.717) is 23.4 Å². The molecule has 2 aliphatic rings. The van der Waals surface area contributed by atoms with Crippen LogP contribution in [-0.4, -0.2) is 41.5 Å². The van der Waals surface area contributed by atoms with Crippen LogP contribution in [0.1, 0.15) is 80.3 Å². The van der Waals surface area contributed by atoms with E-state index in [1.807, 2.05) is 30.2 Å². The lowest BCUT2D eigenvalue weighted by molar-refractivity contribution is 0.0918. The molecule has 176 valence electrons. The number of piperidine rings is 1. The molecule has 33 heavy (non-hydrogen) atoms. The van der Waals surface area contributed by atoms with Crippen LogP contribution in [0.3, 0.4) is 0 Å². The molecule has 1 aliphatic heterocycles. The molecule has 0 atom stereocenters. The van der Waals surface area contributed by atoms with Crippen LogP contribution in [0, 0.1) is 23.7 Å². The van der Waals surface area contributed by atoms with Gasteiger partial charge in [-0.15, -0.1) is 0 Å². The number of carbonyl (C=O) groups is 1. The number of rotatable bonds is 8. The average molecular weight is 449 g/mol. The monoisotopic (exact) mass is 448 g/mol. The summed E-state index contributed by atoms with van der Waals surface area (Å²) in [5.41, 5.74) is 1.43. The van der Waals surface area contributed by atoms with E-state index >= 15 is 0 Å². The molecule has 2 aromatic heterocycles. The maximum atomic E-state index is 13.3. The molecule has 0 radical (unpaired) electrons. The fourth-order valence-electron chi connectivity index (χ4n) is 5.62. The summed E-state index contributed by atoms with van der Waals surface area (Å²) in [5.74, 6) is 0.933. The van der Waals surface area contributed by atoms with Gasteiger partial charge in [-0.05, 0) is 81.2 Å². The summed E-state index contributed by atoms with van der Waals surface area (Å²) in [4.78, 5) is 22.3. The zero-order valence-electron chi connectivity index (χ0n) is 19.8. The first kappa shape index (κ1) is 23.5. The second kappa shape index (κ2) is 11.0. The van der Waals surface area contributed by atoms with E-state index in [9.17, 15) is 4.79 Å². The molecular weight excluding hydrogens is 412 g/mol. The number of aryl methyl sites for hydroxylation is 1. The van der Waals surface area contributed by atoms with E-state index in [1.165, 1.54) is 38.5 Å². The van der Waals surface area contributed by atoms with Crippen molar-refractivity contribution in [1.82, 2.24) is 9.88 Å². The zero-order chi connectivity index (χ0) is 23.1. The van der Waals surface area contributed by atoms with Gasteiger partial charge in [0, 0.05) is 31.7 Å². The molecule has 3 heterocycles. The lowest BCUT2D eigenvalue weighted by Crippen LogP contribution is -2.48. The standard InChI is InChI=1S/C27H36N4O2/c1-22-8-9-25(29-21-22)31(26(32)24-7-5-20-33-24)23-10-17-30(18-11-23)19-15-27(14-6-16-28)12-3-2-4-13-27/h5,7-9,20-21,23H,2-4,6,10-15,17-19H2,1H3. The number of likely N-dealkylation sites (tertiary alicyclic amines) is 1. The van der Waals surface area contributed by atoms with Crippen molar-refractivity contribution in [3.63, 3.8) is 0 Å². The van der Waals surface area contributed by atoms with E-state index in [1.54, 1.807) is 18.4 Å². The molecule has 1 saturated carbocycles. The lowest BCUT2D eigenvalue weighted by Gasteiger charge is -2.41. The average Bonchev–Trinajstić information content (AvgIpc) is 3.39. The van der Waals surface area contributed by atoms with Crippen molar-refractivity contribution in [3.05, 3.63) is 48.0 Å². The minimum atomic E-state index is -0.118. The van der Waals surface area contributed by atoms with E-state index in [-0.39, 0.29) is 11.9 Å². The summed E-state index contributed by atoms with van der Waals surface area (Å²) < 4.78 is 5.43. The molecule has 0 N–H and O–H groups in total. The largest absolute Gasteiger partial charge is 0.459 e. The lowest BCUT2D eigenvalue weighted by atomic mass is 9.69. The van der Waals surface area contributed by atoms with Gasteiger partial charge in [0.1, 0.15) is 5.82 Å². The minimum Gasteiger partial charge on any atom is -0.459 e. The van der Waals surface area contributed by atoms with Gasteiger partial charge < -0.3 is 9.32 Å². The van der Waals surface area contributed by atoms with Crippen molar-refractivity contribution < 1.29 is 9.21 Å². The van der Waals surface area contributed by atoms with Crippen LogP contribution in [0.15, 0.2) is 41.1 Å². The molecule has 0 spiro atoms. The van der Waals surface area contributed by atoms with Gasteiger partial charge >= 0.3 is 0 Å². The summed E-state index contributed by atoms with van der Waals surface area (Å²) in [6.45, 7) is 5.05. The first-order valence-electron chi connectivity index (χ1n) is 12.5. The number of aromatic nitrogens is 1. The number of amides is 1. The molecule has 1 aliphatic carbocycles. The van der Waals surface area contributed by atoms with Crippen LogP contribution < -0.4 is 4.90 Å². The smallest absolute Gasteiger partial charge is 0.295 e. The maximum absolute atomic E-state index is 13.3. The van der Waals surface area contributed by atoms with Gasteiger partial charge in [-0.1, -0.05) is 25.3 Å². The Kier molecular flexibility index (Phi) is 7.82. The summed E-state index contributed by atoms with van der Waals surface area (Å²) in [6.07, 6.45) is 14.6. The Balaban J connectivity index is 1.39. The quantitative estimate of drug-likeness (QED) is 0.515. The molecule has 2 aromatic rings. The molecule has 0 aromatic carbocycles. The van der Waals surface area contributed by atoms with E-state index < -0.39 is 0 Å². The predicted molar refractivity (Wildman–Crippen MR) is 129 cm³/mol. The third kappa shape index (κ3) is 5.83. The molecule has 1 amide bonds. The number of pyridine rings is 1. The van der Waals surface area contributed by atoms with E-state index in [4.69, 9.17) is 9.68 Å². The SMILES string of the molecule is Cc1ccc(N(C(=O)c2ccco2)C2CCN(CCC3(CCC#N)CCCCC3)CC2)nc1. The zero-order valence-corrected chi connectivity index (χ0v) is 19.8. The Morgan fingerprint density at radius 2 is 2.00 bits per heavy atom. The van der Waals surface area contributed by atoms with Crippen LogP contribution in [0.5, 0.6) is 0 Å². The van der Waals surface area contributed by atoms with Gasteiger partial charge in [0.25, 0.3) is 5.91 Å². The molecule has 2 fully saturated rings. The highest BCUT2D eigenvalue weighted by Gasteiger charge is 2.34. The molecular formula is C27H36N4O2. The molecule has 0 unspecified atom stereocenters. The Labute approximate surface area is 197 Å². The fraction of sp³-hybridized carbons (Fsp3) is 0.593. The van der Waals surface area contributed by atoms with Gasteiger partial charge in [0.15, 0.2) is 5.76 Å². The number of anilines is 1. The van der Waals surface area contributed by atoms with Gasteiger partial charge in [-0.2, -0.15) is 5.26 Å². The van der Waals surface area contributed by atoms with Crippen LogP contribution in [0.25, 0.3) is 0 Å². The molecule has 0 bridgehead atoms. The Morgan fingerprint density at radius 1 is 1.21 bits per heavy atom. The number of hydrogen-bond acceptors (Lipinski definition) is 5. The van der Waals surface area contributed by atoms with Gasteiger partial charge in [0.2, 0.25) is 0 Å². The summed E-state index contributed by atoms with van der Waals surface area (Å²) >= 11 is 0. The van der Waals surface area contributed by atoms with Crippen molar-refractivity contribution in [2.75, 3.05) is 24.5 Å². The first-order valence-corrected chi connectivity index (χ1v) is 12.5. The number of carbonyl (C=O) groups excluding carboxylic acids is 1. The Bertz CT molecular complexity index is 918.